The number of carbonyl (C=O) groups excluding carboxylic acids is 2. The van der Waals surface area contributed by atoms with Crippen LogP contribution in [0.4, 0.5) is 4.79 Å². The van der Waals surface area contributed by atoms with E-state index in [0.29, 0.717) is 5.76 Å². The van der Waals surface area contributed by atoms with Crippen LogP contribution in [0.25, 0.3) is 0 Å². The standard InChI is InChI=1S/C10H12N2O3/c1-6-3-4-8(15-6)7(2)12-5-9(13)11-10(12)14/h3-4,7H,5H2,1-2H3,(H,11,13,14). The van der Waals surface area contributed by atoms with E-state index in [2.05, 4.69) is 5.32 Å². The fourth-order valence-corrected chi connectivity index (χ4v) is 1.60. The molecule has 15 heavy (non-hydrogen) atoms. The van der Waals surface area contributed by atoms with Crippen molar-refractivity contribution in [2.75, 3.05) is 6.54 Å². The molecule has 1 atom stereocenters. The zero-order valence-corrected chi connectivity index (χ0v) is 8.61. The Balaban J connectivity index is 2.18. The Morgan fingerprint density at radius 1 is 1.47 bits per heavy atom. The van der Waals surface area contributed by atoms with Gasteiger partial charge in [0.2, 0.25) is 5.91 Å². The van der Waals surface area contributed by atoms with Gasteiger partial charge in [0.25, 0.3) is 0 Å². The summed E-state index contributed by atoms with van der Waals surface area (Å²) in [6.07, 6.45) is 0. The van der Waals surface area contributed by atoms with E-state index in [0.717, 1.165) is 5.76 Å². The maximum atomic E-state index is 11.4. The SMILES string of the molecule is Cc1ccc(C(C)N2CC(=O)NC2=O)o1. The van der Waals surface area contributed by atoms with Crippen LogP contribution in [0.1, 0.15) is 24.5 Å². The monoisotopic (exact) mass is 208 g/mol. The van der Waals surface area contributed by atoms with Crippen LogP contribution >= 0.6 is 0 Å². The Bertz CT molecular complexity index is 411. The zero-order chi connectivity index (χ0) is 11.0. The highest BCUT2D eigenvalue weighted by Gasteiger charge is 2.32. The number of nitrogens with one attached hydrogen (secondary N) is 1. The van der Waals surface area contributed by atoms with Crippen LogP contribution in [0, 0.1) is 6.92 Å². The Labute approximate surface area is 87.0 Å². The zero-order valence-electron chi connectivity index (χ0n) is 8.61. The van der Waals surface area contributed by atoms with Crippen LogP contribution < -0.4 is 5.32 Å². The largest absolute Gasteiger partial charge is 0.464 e. The van der Waals surface area contributed by atoms with E-state index < -0.39 is 0 Å². The molecule has 5 nitrogen and oxygen atoms in total. The fourth-order valence-electron chi connectivity index (χ4n) is 1.60. The average molecular weight is 208 g/mol. The van der Waals surface area contributed by atoms with Crippen LogP contribution in [0.5, 0.6) is 0 Å². The lowest BCUT2D eigenvalue weighted by Crippen LogP contribution is -2.30. The Morgan fingerprint density at radius 3 is 2.67 bits per heavy atom. The molecule has 2 rings (SSSR count). The maximum absolute atomic E-state index is 11.4. The lowest BCUT2D eigenvalue weighted by atomic mass is 10.2. The van der Waals surface area contributed by atoms with Crippen LogP contribution in [-0.2, 0) is 4.79 Å². The second kappa shape index (κ2) is 3.42. The van der Waals surface area contributed by atoms with Crippen molar-refractivity contribution in [1.29, 1.82) is 0 Å². The van der Waals surface area contributed by atoms with Gasteiger partial charge in [0.15, 0.2) is 0 Å². The minimum atomic E-state index is -0.360. The first kappa shape index (κ1) is 9.76. The van der Waals surface area contributed by atoms with Gasteiger partial charge in [-0.3, -0.25) is 10.1 Å². The van der Waals surface area contributed by atoms with E-state index in [4.69, 9.17) is 4.42 Å². The van der Waals surface area contributed by atoms with Gasteiger partial charge in [-0.05, 0) is 26.0 Å². The van der Waals surface area contributed by atoms with Crippen molar-refractivity contribution >= 4 is 11.9 Å². The molecule has 0 aliphatic carbocycles. The molecule has 0 saturated carbocycles. The summed E-state index contributed by atoms with van der Waals surface area (Å²) in [5.41, 5.74) is 0. The maximum Gasteiger partial charge on any atom is 0.325 e. The lowest BCUT2D eigenvalue weighted by Gasteiger charge is -2.19. The highest BCUT2D eigenvalue weighted by molar-refractivity contribution is 6.02. The molecule has 3 amide bonds. The third-order valence-electron chi connectivity index (χ3n) is 2.46. The van der Waals surface area contributed by atoms with Gasteiger partial charge in [0, 0.05) is 0 Å². The van der Waals surface area contributed by atoms with Crippen molar-refractivity contribution in [3.63, 3.8) is 0 Å². The molecule has 5 heteroatoms. The number of rotatable bonds is 2. The van der Waals surface area contributed by atoms with Gasteiger partial charge in [-0.2, -0.15) is 0 Å². The first-order valence-corrected chi connectivity index (χ1v) is 4.74. The Hall–Kier alpha value is -1.78. The molecule has 1 unspecified atom stereocenters. The third-order valence-corrected chi connectivity index (χ3v) is 2.46. The van der Waals surface area contributed by atoms with E-state index in [1.54, 1.807) is 0 Å². The second-order valence-electron chi connectivity index (χ2n) is 3.61. The van der Waals surface area contributed by atoms with E-state index in [-0.39, 0.29) is 24.5 Å². The summed E-state index contributed by atoms with van der Waals surface area (Å²) in [6, 6.07) is 3.07. The predicted molar refractivity (Wildman–Crippen MR) is 52.1 cm³/mol. The molecule has 2 heterocycles. The van der Waals surface area contributed by atoms with Gasteiger partial charge < -0.3 is 9.32 Å². The molecule has 1 N–H and O–H groups in total. The third kappa shape index (κ3) is 1.72. The van der Waals surface area contributed by atoms with E-state index in [1.165, 1.54) is 4.90 Å². The van der Waals surface area contributed by atoms with Gasteiger partial charge in [0.05, 0.1) is 6.04 Å². The Kier molecular flexibility index (Phi) is 2.22. The van der Waals surface area contributed by atoms with Crippen molar-refractivity contribution in [2.24, 2.45) is 0 Å². The van der Waals surface area contributed by atoms with Gasteiger partial charge >= 0.3 is 6.03 Å². The van der Waals surface area contributed by atoms with E-state index in [9.17, 15) is 9.59 Å². The normalized spacial score (nSPS) is 18.1. The number of furan rings is 1. The average Bonchev–Trinajstić information content (AvgIpc) is 2.71. The van der Waals surface area contributed by atoms with Gasteiger partial charge in [-0.25, -0.2) is 4.79 Å². The summed E-state index contributed by atoms with van der Waals surface area (Å²) in [4.78, 5) is 23.8. The summed E-state index contributed by atoms with van der Waals surface area (Å²) in [6.45, 7) is 3.77. The van der Waals surface area contributed by atoms with Crippen molar-refractivity contribution in [1.82, 2.24) is 10.2 Å². The molecule has 0 spiro atoms. The van der Waals surface area contributed by atoms with Crippen LogP contribution in [-0.4, -0.2) is 23.4 Å². The minimum Gasteiger partial charge on any atom is -0.464 e. The number of aryl methyl sites for hydroxylation is 1. The molecular formula is C10H12N2O3. The van der Waals surface area contributed by atoms with Gasteiger partial charge in [0.1, 0.15) is 18.1 Å². The molecule has 0 bridgehead atoms. The van der Waals surface area contributed by atoms with Crippen LogP contribution in [0.3, 0.4) is 0 Å². The van der Waals surface area contributed by atoms with Crippen LogP contribution in [0.15, 0.2) is 16.5 Å². The van der Waals surface area contributed by atoms with Crippen molar-refractivity contribution in [3.05, 3.63) is 23.7 Å². The highest BCUT2D eigenvalue weighted by Crippen LogP contribution is 2.23. The molecular weight excluding hydrogens is 196 g/mol. The molecule has 1 fully saturated rings. The first-order chi connectivity index (χ1) is 7.08. The smallest absolute Gasteiger partial charge is 0.325 e. The molecule has 0 aromatic carbocycles. The van der Waals surface area contributed by atoms with Gasteiger partial charge in [-0.15, -0.1) is 0 Å². The fraction of sp³-hybridized carbons (Fsp3) is 0.400. The second-order valence-corrected chi connectivity index (χ2v) is 3.61. The summed E-state index contributed by atoms with van der Waals surface area (Å²) in [7, 11) is 0. The van der Waals surface area contributed by atoms with E-state index in [1.807, 2.05) is 26.0 Å². The summed E-state index contributed by atoms with van der Waals surface area (Å²) in [5, 5.41) is 2.23. The molecule has 1 aromatic heterocycles. The number of nitrogens with zero attached hydrogens (tertiary/aromatic N) is 1. The number of hydrogen-bond acceptors (Lipinski definition) is 3. The molecule has 80 valence electrons. The topological polar surface area (TPSA) is 62.6 Å². The molecule has 1 aliphatic heterocycles. The number of hydrogen-bond donors (Lipinski definition) is 1. The van der Waals surface area contributed by atoms with Crippen molar-refractivity contribution < 1.29 is 14.0 Å². The summed E-state index contributed by atoms with van der Waals surface area (Å²) in [5.74, 6) is 1.22. The van der Waals surface area contributed by atoms with Crippen LogP contribution in [0.2, 0.25) is 0 Å². The van der Waals surface area contributed by atoms with Crippen molar-refractivity contribution in [3.8, 4) is 0 Å². The quantitative estimate of drug-likeness (QED) is 0.743. The summed E-state index contributed by atoms with van der Waals surface area (Å²) < 4.78 is 5.41. The van der Waals surface area contributed by atoms with Gasteiger partial charge in [-0.1, -0.05) is 0 Å². The number of amides is 3. The number of urea groups is 1. The molecule has 0 radical (unpaired) electrons. The molecule has 1 aliphatic rings. The van der Waals surface area contributed by atoms with E-state index >= 15 is 0 Å². The highest BCUT2D eigenvalue weighted by atomic mass is 16.3. The summed E-state index contributed by atoms with van der Waals surface area (Å²) >= 11 is 0. The lowest BCUT2D eigenvalue weighted by molar-refractivity contribution is -0.118. The Morgan fingerprint density at radius 2 is 2.20 bits per heavy atom. The molecule has 1 saturated heterocycles. The number of carbonyl (C=O) groups is 2. The number of imide groups is 1. The minimum absolute atomic E-state index is 0.0970. The molecule has 1 aromatic rings. The predicted octanol–water partition coefficient (Wildman–Crippen LogP) is 1.20. The van der Waals surface area contributed by atoms with Crippen molar-refractivity contribution in [2.45, 2.75) is 19.9 Å². The first-order valence-electron chi connectivity index (χ1n) is 4.74.